The number of aliphatic hydroxyl groups excluding tert-OH is 1. The molecule has 0 radical (unpaired) electrons. The Hall–Kier alpha value is -1.09. The molecule has 0 bridgehead atoms. The molecule has 114 valence electrons. The molecule has 2 saturated carbocycles. The van der Waals surface area contributed by atoms with Crippen LogP contribution in [0.5, 0.6) is 5.75 Å². The highest BCUT2D eigenvalue weighted by molar-refractivity contribution is 5.40. The Morgan fingerprint density at radius 3 is 2.90 bits per heavy atom. The van der Waals surface area contributed by atoms with Crippen LogP contribution in [0.4, 0.5) is 4.39 Å². The number of phenols is 1. The number of aryl methyl sites for hydroxylation is 1. The van der Waals surface area contributed by atoms with Crippen molar-refractivity contribution in [1.82, 2.24) is 0 Å². The molecule has 1 aromatic rings. The lowest BCUT2D eigenvalue weighted by atomic mass is 9.59. The van der Waals surface area contributed by atoms with Crippen LogP contribution in [0.15, 0.2) is 18.2 Å². The Bertz CT molecular complexity index is 572. The van der Waals surface area contributed by atoms with Gasteiger partial charge in [0.15, 0.2) is 0 Å². The van der Waals surface area contributed by atoms with Gasteiger partial charge in [0.25, 0.3) is 0 Å². The average molecular weight is 289 g/mol. The van der Waals surface area contributed by atoms with Gasteiger partial charge in [0.1, 0.15) is 11.4 Å². The minimum atomic E-state index is -1.37. The van der Waals surface area contributed by atoms with E-state index >= 15 is 4.39 Å². The molecule has 2 fully saturated rings. The fraction of sp³-hybridized carbons (Fsp3) is 0.667. The first kappa shape index (κ1) is 13.6. The van der Waals surface area contributed by atoms with Gasteiger partial charge in [-0.2, -0.15) is 0 Å². The van der Waals surface area contributed by atoms with Gasteiger partial charge < -0.3 is 10.2 Å². The first-order chi connectivity index (χ1) is 10.0. The molecule has 0 spiro atoms. The van der Waals surface area contributed by atoms with Crippen molar-refractivity contribution in [3.63, 3.8) is 0 Å². The van der Waals surface area contributed by atoms with Gasteiger partial charge in [-0.15, -0.1) is 0 Å². The summed E-state index contributed by atoms with van der Waals surface area (Å²) in [6.45, 7) is 1.98. The summed E-state index contributed by atoms with van der Waals surface area (Å²) in [6, 6.07) is 5.65. The number of aromatic hydroxyl groups is 1. The third kappa shape index (κ3) is 1.79. The van der Waals surface area contributed by atoms with Gasteiger partial charge in [-0.25, -0.2) is 4.39 Å². The van der Waals surface area contributed by atoms with E-state index < -0.39 is 11.8 Å². The molecule has 21 heavy (non-hydrogen) atoms. The number of alkyl halides is 1. The van der Waals surface area contributed by atoms with E-state index in [4.69, 9.17) is 0 Å². The smallest absolute Gasteiger partial charge is 0.140 e. The van der Waals surface area contributed by atoms with E-state index in [0.717, 1.165) is 25.7 Å². The number of benzene rings is 1. The first-order valence-corrected chi connectivity index (χ1v) is 8.19. The minimum absolute atomic E-state index is 0.00297. The van der Waals surface area contributed by atoms with E-state index in [2.05, 4.69) is 0 Å². The number of rotatable bonds is 0. The maximum atomic E-state index is 15.3. The third-order valence-electron chi connectivity index (χ3n) is 6.42. The van der Waals surface area contributed by atoms with Crippen LogP contribution in [-0.2, 0) is 6.42 Å². The molecular weight excluding hydrogens is 266 g/mol. The molecule has 6 atom stereocenters. The minimum Gasteiger partial charge on any atom is -0.508 e. The zero-order valence-electron chi connectivity index (χ0n) is 12.4. The molecule has 0 aliphatic heterocycles. The molecule has 3 aliphatic rings. The van der Waals surface area contributed by atoms with Crippen LogP contribution in [-0.4, -0.2) is 22.0 Å². The molecular formula is C18H23FO2. The Labute approximate surface area is 125 Å². The summed E-state index contributed by atoms with van der Waals surface area (Å²) in [6.07, 6.45) is 3.22. The van der Waals surface area contributed by atoms with Gasteiger partial charge in [-0.05, 0) is 79.0 Å². The summed E-state index contributed by atoms with van der Waals surface area (Å²) in [7, 11) is 0. The zero-order valence-corrected chi connectivity index (χ0v) is 12.4. The molecule has 3 aliphatic carbocycles. The van der Waals surface area contributed by atoms with E-state index in [0.29, 0.717) is 24.0 Å². The maximum absolute atomic E-state index is 15.3. The van der Waals surface area contributed by atoms with Crippen LogP contribution in [0.1, 0.15) is 49.7 Å². The fourth-order valence-electron chi connectivity index (χ4n) is 5.43. The molecule has 2 nitrogen and oxygen atoms in total. The van der Waals surface area contributed by atoms with Crippen molar-refractivity contribution in [3.8, 4) is 5.75 Å². The molecule has 0 amide bonds. The Balaban J connectivity index is 1.71. The summed E-state index contributed by atoms with van der Waals surface area (Å²) in [5.41, 5.74) is 1.17. The van der Waals surface area contributed by atoms with Crippen molar-refractivity contribution in [2.24, 2.45) is 17.8 Å². The molecule has 6 unspecified atom stereocenters. The predicted octanol–water partition coefficient (Wildman–Crippen LogP) is 3.56. The SMILES string of the molecule is CC1CC2C3CCc4cc(O)ccc4C3CCC2([18F])C1O. The van der Waals surface area contributed by atoms with Crippen LogP contribution >= 0.6 is 0 Å². The van der Waals surface area contributed by atoms with Gasteiger partial charge in [0.05, 0.1) is 6.10 Å². The van der Waals surface area contributed by atoms with Gasteiger partial charge in [0, 0.05) is 0 Å². The zero-order chi connectivity index (χ0) is 14.8. The number of phenolic OH excluding ortho intramolecular Hbond substituents is 1. The summed E-state index contributed by atoms with van der Waals surface area (Å²) >= 11 is 0. The second-order valence-corrected chi connectivity index (χ2v) is 7.42. The molecule has 3 heteroatoms. The van der Waals surface area contributed by atoms with Crippen molar-refractivity contribution in [2.45, 2.75) is 56.7 Å². The topological polar surface area (TPSA) is 40.5 Å². The van der Waals surface area contributed by atoms with Gasteiger partial charge in [-0.1, -0.05) is 13.0 Å². The molecule has 0 aromatic heterocycles. The number of hydrogen-bond donors (Lipinski definition) is 2. The number of fused-ring (bicyclic) bond motifs is 5. The molecule has 4 rings (SSSR count). The third-order valence-corrected chi connectivity index (χ3v) is 6.42. The van der Waals surface area contributed by atoms with Crippen molar-refractivity contribution in [1.29, 1.82) is 0 Å². The van der Waals surface area contributed by atoms with Crippen LogP contribution in [0.2, 0.25) is 0 Å². The Morgan fingerprint density at radius 1 is 1.29 bits per heavy atom. The average Bonchev–Trinajstić information content (AvgIpc) is 2.70. The lowest BCUT2D eigenvalue weighted by Crippen LogP contribution is -2.48. The molecule has 1 aromatic carbocycles. The second kappa shape index (κ2) is 4.45. The van der Waals surface area contributed by atoms with Crippen molar-refractivity contribution in [3.05, 3.63) is 29.3 Å². The summed E-state index contributed by atoms with van der Waals surface area (Å²) < 4.78 is 15.3. The lowest BCUT2D eigenvalue weighted by Gasteiger charge is -2.47. The highest BCUT2D eigenvalue weighted by atomic mass is 18.2. The standard InChI is InChI=1S/C18H23FO2/c1-10-8-16-15-4-2-11-9-12(20)3-5-13(11)14(15)6-7-18(16,19)17(10)21/h3,5,9-10,14-17,20-21H,2,4,6-8H2,1H3/i19-1. The van der Waals surface area contributed by atoms with Crippen molar-refractivity contribution >= 4 is 0 Å². The Morgan fingerprint density at radius 2 is 2.10 bits per heavy atom. The normalized spacial score (nSPS) is 44.8. The predicted molar refractivity (Wildman–Crippen MR) is 79.0 cm³/mol. The second-order valence-electron chi connectivity index (χ2n) is 7.42. The van der Waals surface area contributed by atoms with E-state index in [1.54, 1.807) is 6.07 Å². The first-order valence-electron chi connectivity index (χ1n) is 8.19. The summed E-state index contributed by atoms with van der Waals surface area (Å²) in [5.74, 6) is 1.15. The lowest BCUT2D eigenvalue weighted by molar-refractivity contribution is -0.0695. The summed E-state index contributed by atoms with van der Waals surface area (Å²) in [4.78, 5) is 0. The monoisotopic (exact) mass is 289 g/mol. The number of hydrogen-bond acceptors (Lipinski definition) is 2. The van der Waals surface area contributed by atoms with Gasteiger partial charge >= 0.3 is 0 Å². The van der Waals surface area contributed by atoms with E-state index in [-0.39, 0.29) is 11.8 Å². The van der Waals surface area contributed by atoms with Crippen molar-refractivity contribution < 1.29 is 14.6 Å². The van der Waals surface area contributed by atoms with E-state index in [1.807, 2.05) is 19.1 Å². The molecule has 0 heterocycles. The van der Waals surface area contributed by atoms with Gasteiger partial charge in [-0.3, -0.25) is 0 Å². The maximum Gasteiger partial charge on any atom is 0.140 e. The van der Waals surface area contributed by atoms with Crippen LogP contribution in [0, 0.1) is 17.8 Å². The largest absolute Gasteiger partial charge is 0.508 e. The highest BCUT2D eigenvalue weighted by Gasteiger charge is 2.60. The van der Waals surface area contributed by atoms with Crippen LogP contribution < -0.4 is 0 Å². The van der Waals surface area contributed by atoms with Crippen molar-refractivity contribution in [2.75, 3.05) is 0 Å². The highest BCUT2D eigenvalue weighted by Crippen LogP contribution is 2.59. The fourth-order valence-corrected chi connectivity index (χ4v) is 5.43. The molecule has 2 N–H and O–H groups in total. The van der Waals surface area contributed by atoms with Crippen LogP contribution in [0.25, 0.3) is 0 Å². The number of aliphatic hydroxyl groups is 1. The Kier molecular flexibility index (Phi) is 2.88. The molecule has 0 saturated heterocycles. The number of halogens is 1. The van der Waals surface area contributed by atoms with Crippen LogP contribution in [0.3, 0.4) is 0 Å². The van der Waals surface area contributed by atoms with Gasteiger partial charge in [0.2, 0.25) is 0 Å². The van der Waals surface area contributed by atoms with E-state index in [9.17, 15) is 10.2 Å². The van der Waals surface area contributed by atoms with E-state index in [1.165, 1.54) is 11.1 Å². The quantitative estimate of drug-likeness (QED) is 0.766. The summed E-state index contributed by atoms with van der Waals surface area (Å²) in [5, 5.41) is 19.9.